The van der Waals surface area contributed by atoms with Crippen LogP contribution < -0.4 is 25.4 Å². The van der Waals surface area contributed by atoms with Crippen LogP contribution in [0, 0.1) is 0 Å². The Labute approximate surface area is 210 Å². The highest BCUT2D eigenvalue weighted by Crippen LogP contribution is 2.28. The first-order valence-corrected chi connectivity index (χ1v) is 11.8. The molecule has 7 nitrogen and oxygen atoms in total. The van der Waals surface area contributed by atoms with E-state index in [-0.39, 0.29) is 16.9 Å². The number of hydrogen-bond acceptors (Lipinski definition) is 5. The molecule has 0 bridgehead atoms. The van der Waals surface area contributed by atoms with E-state index in [9.17, 15) is 9.59 Å². The van der Waals surface area contributed by atoms with Crippen LogP contribution in [-0.4, -0.2) is 24.0 Å². The number of thiocarbonyl (C=S) groups is 1. The van der Waals surface area contributed by atoms with Gasteiger partial charge in [0.2, 0.25) is 5.91 Å². The Balaban J connectivity index is 1.57. The van der Waals surface area contributed by atoms with Crippen LogP contribution in [-0.2, 0) is 11.4 Å². The molecule has 0 spiro atoms. The molecule has 8 heteroatoms. The first-order chi connectivity index (χ1) is 17.0. The van der Waals surface area contributed by atoms with Gasteiger partial charge in [0, 0.05) is 23.7 Å². The highest BCUT2D eigenvalue weighted by Gasteiger charge is 2.12. The van der Waals surface area contributed by atoms with Crippen molar-refractivity contribution in [3.05, 3.63) is 83.9 Å². The fourth-order valence-corrected chi connectivity index (χ4v) is 3.44. The first-order valence-electron chi connectivity index (χ1n) is 11.4. The Morgan fingerprint density at radius 3 is 2.49 bits per heavy atom. The number of amides is 2. The molecule has 3 aromatic rings. The molecule has 0 heterocycles. The summed E-state index contributed by atoms with van der Waals surface area (Å²) in [5.74, 6) is 0.641. The minimum Gasteiger partial charge on any atom is -0.494 e. The highest BCUT2D eigenvalue weighted by molar-refractivity contribution is 7.80. The van der Waals surface area contributed by atoms with Gasteiger partial charge < -0.3 is 20.1 Å². The van der Waals surface area contributed by atoms with Gasteiger partial charge in [-0.15, -0.1) is 0 Å². The van der Waals surface area contributed by atoms with Gasteiger partial charge in [-0.3, -0.25) is 14.9 Å². The van der Waals surface area contributed by atoms with Crippen molar-refractivity contribution in [2.75, 3.05) is 17.7 Å². The average Bonchev–Trinajstić information content (AvgIpc) is 2.87. The summed E-state index contributed by atoms with van der Waals surface area (Å²) in [6.07, 6.45) is 2.22. The smallest absolute Gasteiger partial charge is 0.257 e. The second-order valence-corrected chi connectivity index (χ2v) is 8.19. The monoisotopic (exact) mass is 491 g/mol. The zero-order chi connectivity index (χ0) is 25.0. The molecular weight excluding hydrogens is 462 g/mol. The topological polar surface area (TPSA) is 88.7 Å². The summed E-state index contributed by atoms with van der Waals surface area (Å²) in [5, 5.41) is 8.62. The van der Waals surface area contributed by atoms with Crippen molar-refractivity contribution in [1.82, 2.24) is 5.32 Å². The number of unbranched alkanes of at least 4 members (excludes halogenated alkanes) is 1. The summed E-state index contributed by atoms with van der Waals surface area (Å²) >= 11 is 5.31. The van der Waals surface area contributed by atoms with Crippen LogP contribution in [0.1, 0.15) is 42.1 Å². The van der Waals surface area contributed by atoms with Crippen molar-refractivity contribution in [3.63, 3.8) is 0 Å². The van der Waals surface area contributed by atoms with E-state index in [1.807, 2.05) is 37.3 Å². The summed E-state index contributed by atoms with van der Waals surface area (Å²) in [6.45, 7) is 2.44. The first kappa shape index (κ1) is 25.7. The SMILES string of the molecule is CCCCC(=O)Nc1ccc(NC(=S)NC(=O)c2cccc(OCc3ccccc3)c2)cc1OC. The summed E-state index contributed by atoms with van der Waals surface area (Å²) in [6, 6.07) is 21.9. The van der Waals surface area contributed by atoms with Crippen molar-refractivity contribution in [2.45, 2.75) is 32.8 Å². The molecule has 182 valence electrons. The van der Waals surface area contributed by atoms with E-state index in [0.717, 1.165) is 18.4 Å². The lowest BCUT2D eigenvalue weighted by Gasteiger charge is -2.14. The maximum atomic E-state index is 12.7. The number of methoxy groups -OCH3 is 1. The summed E-state index contributed by atoms with van der Waals surface area (Å²) in [4.78, 5) is 24.7. The zero-order valence-corrected chi connectivity index (χ0v) is 20.6. The lowest BCUT2D eigenvalue weighted by atomic mass is 10.2. The third-order valence-corrected chi connectivity index (χ3v) is 5.27. The normalized spacial score (nSPS) is 10.2. The fourth-order valence-electron chi connectivity index (χ4n) is 3.23. The molecule has 2 amide bonds. The quantitative estimate of drug-likeness (QED) is 0.323. The third kappa shape index (κ3) is 8.12. The van der Waals surface area contributed by atoms with E-state index in [4.69, 9.17) is 21.7 Å². The molecule has 3 N–H and O–H groups in total. The third-order valence-electron chi connectivity index (χ3n) is 5.06. The predicted molar refractivity (Wildman–Crippen MR) is 142 cm³/mol. The van der Waals surface area contributed by atoms with Crippen LogP contribution >= 0.6 is 12.2 Å². The Morgan fingerprint density at radius 2 is 1.74 bits per heavy atom. The van der Waals surface area contributed by atoms with Crippen LogP contribution in [0.15, 0.2) is 72.8 Å². The van der Waals surface area contributed by atoms with E-state index >= 15 is 0 Å². The van der Waals surface area contributed by atoms with Gasteiger partial charge in [0.1, 0.15) is 18.1 Å². The number of anilines is 2. The molecule has 0 aliphatic rings. The van der Waals surface area contributed by atoms with Gasteiger partial charge in [-0.2, -0.15) is 0 Å². The molecule has 0 atom stereocenters. The van der Waals surface area contributed by atoms with Gasteiger partial charge in [0.25, 0.3) is 5.91 Å². The van der Waals surface area contributed by atoms with Gasteiger partial charge >= 0.3 is 0 Å². The Bertz CT molecular complexity index is 1170. The molecule has 0 saturated heterocycles. The minimum atomic E-state index is -0.362. The van der Waals surface area contributed by atoms with Crippen LogP contribution in [0.4, 0.5) is 11.4 Å². The van der Waals surface area contributed by atoms with Crippen LogP contribution in [0.3, 0.4) is 0 Å². The number of hydrogen-bond donors (Lipinski definition) is 3. The molecule has 0 radical (unpaired) electrons. The number of ether oxygens (including phenoxy) is 2. The largest absolute Gasteiger partial charge is 0.494 e. The predicted octanol–water partition coefficient (Wildman–Crippen LogP) is 5.53. The van der Waals surface area contributed by atoms with Crippen molar-refractivity contribution >= 4 is 40.5 Å². The number of nitrogens with one attached hydrogen (secondary N) is 3. The number of rotatable bonds is 10. The van der Waals surface area contributed by atoms with Crippen LogP contribution in [0.25, 0.3) is 0 Å². The Kier molecular flexibility index (Phi) is 9.62. The van der Waals surface area contributed by atoms with Gasteiger partial charge in [0.15, 0.2) is 5.11 Å². The number of carbonyl (C=O) groups excluding carboxylic acids is 2. The number of benzene rings is 3. The minimum absolute atomic E-state index is 0.0661. The van der Waals surface area contributed by atoms with Crippen LogP contribution in [0.2, 0.25) is 0 Å². The van der Waals surface area contributed by atoms with E-state index < -0.39 is 0 Å². The summed E-state index contributed by atoms with van der Waals surface area (Å²) in [5.41, 5.74) is 2.64. The average molecular weight is 492 g/mol. The lowest BCUT2D eigenvalue weighted by Crippen LogP contribution is -2.34. The molecule has 0 aliphatic carbocycles. The van der Waals surface area contributed by atoms with E-state index in [0.29, 0.717) is 41.5 Å². The molecule has 0 saturated carbocycles. The Hall–Kier alpha value is -3.91. The summed E-state index contributed by atoms with van der Waals surface area (Å²) in [7, 11) is 1.52. The van der Waals surface area contributed by atoms with E-state index in [1.54, 1.807) is 42.5 Å². The van der Waals surface area contributed by atoms with Crippen molar-refractivity contribution in [1.29, 1.82) is 0 Å². The van der Waals surface area contributed by atoms with Gasteiger partial charge in [-0.1, -0.05) is 49.7 Å². The van der Waals surface area contributed by atoms with Crippen molar-refractivity contribution < 1.29 is 19.1 Å². The molecule has 3 rings (SSSR count). The maximum absolute atomic E-state index is 12.7. The maximum Gasteiger partial charge on any atom is 0.257 e. The zero-order valence-electron chi connectivity index (χ0n) is 19.8. The second kappa shape index (κ2) is 13.1. The number of carbonyl (C=O) groups is 2. The molecule has 0 unspecified atom stereocenters. The lowest BCUT2D eigenvalue weighted by molar-refractivity contribution is -0.116. The van der Waals surface area contributed by atoms with Gasteiger partial charge in [-0.05, 0) is 54.5 Å². The standard InChI is InChI=1S/C27H29N3O4S/c1-3-4-13-25(31)29-23-15-14-21(17-24(23)33-2)28-27(35)30-26(32)20-11-8-12-22(16-20)34-18-19-9-6-5-7-10-19/h5-12,14-17H,3-4,13,18H2,1-2H3,(H,29,31)(H2,28,30,32,35). The van der Waals surface area contributed by atoms with E-state index in [1.165, 1.54) is 7.11 Å². The molecule has 3 aromatic carbocycles. The molecular formula is C27H29N3O4S. The van der Waals surface area contributed by atoms with Crippen molar-refractivity contribution in [3.8, 4) is 11.5 Å². The molecule has 0 fully saturated rings. The van der Waals surface area contributed by atoms with Gasteiger partial charge in [0.05, 0.1) is 12.8 Å². The summed E-state index contributed by atoms with van der Waals surface area (Å²) < 4.78 is 11.2. The fraction of sp³-hybridized carbons (Fsp3) is 0.222. The molecule has 35 heavy (non-hydrogen) atoms. The van der Waals surface area contributed by atoms with Gasteiger partial charge in [-0.25, -0.2) is 0 Å². The van der Waals surface area contributed by atoms with Crippen LogP contribution in [0.5, 0.6) is 11.5 Å². The second-order valence-electron chi connectivity index (χ2n) is 7.78. The Morgan fingerprint density at radius 1 is 0.943 bits per heavy atom. The molecule has 0 aliphatic heterocycles. The van der Waals surface area contributed by atoms with E-state index in [2.05, 4.69) is 16.0 Å². The van der Waals surface area contributed by atoms with Crippen molar-refractivity contribution in [2.24, 2.45) is 0 Å². The highest BCUT2D eigenvalue weighted by atomic mass is 32.1. The molecule has 0 aromatic heterocycles.